The first-order valence-corrected chi connectivity index (χ1v) is 6.46. The Kier molecular flexibility index (Phi) is 3.16. The molecule has 2 aromatic rings. The van der Waals surface area contributed by atoms with E-state index in [1.54, 1.807) is 11.3 Å². The van der Waals surface area contributed by atoms with Crippen LogP contribution in [0.5, 0.6) is 0 Å². The molecule has 2 heteroatoms. The van der Waals surface area contributed by atoms with Crippen LogP contribution in [-0.4, -0.2) is 6.29 Å². The third-order valence-electron chi connectivity index (χ3n) is 2.92. The number of hydrogen-bond acceptors (Lipinski definition) is 2. The number of thiophene rings is 1. The molecule has 0 aliphatic heterocycles. The molecule has 0 radical (unpaired) electrons. The molecule has 0 aliphatic rings. The van der Waals surface area contributed by atoms with Gasteiger partial charge in [-0.25, -0.2) is 0 Å². The third-order valence-corrected chi connectivity index (χ3v) is 4.31. The summed E-state index contributed by atoms with van der Waals surface area (Å²) in [4.78, 5) is 12.5. The molecule has 0 bridgehead atoms. The first kappa shape index (κ1) is 12.1. The summed E-state index contributed by atoms with van der Waals surface area (Å²) >= 11 is 1.70. The average Bonchev–Trinajstić information content (AvgIpc) is 2.72. The Balaban J connectivity index is 2.49. The summed E-state index contributed by atoms with van der Waals surface area (Å²) in [7, 11) is 0. The van der Waals surface area contributed by atoms with E-state index in [4.69, 9.17) is 0 Å². The second-order valence-corrected chi connectivity index (χ2v) is 5.90. The Hall–Kier alpha value is -1.41. The van der Waals surface area contributed by atoms with Crippen molar-refractivity contribution in [2.75, 3.05) is 0 Å². The van der Waals surface area contributed by atoms with Crippen LogP contribution in [0.3, 0.4) is 0 Å². The van der Waals surface area contributed by atoms with E-state index >= 15 is 0 Å². The molecule has 1 aromatic carbocycles. The predicted octanol–water partition coefficient (Wildman–Crippen LogP) is 4.32. The van der Waals surface area contributed by atoms with E-state index in [1.165, 1.54) is 10.1 Å². The molecule has 0 fully saturated rings. The molecule has 0 amide bonds. The molecule has 0 saturated heterocycles. The van der Waals surface area contributed by atoms with E-state index in [-0.39, 0.29) is 0 Å². The molecule has 17 heavy (non-hydrogen) atoms. The number of hydrogen-bond donors (Lipinski definition) is 0. The maximum absolute atomic E-state index is 11.4. The lowest BCUT2D eigenvalue weighted by atomic mass is 9.84. The van der Waals surface area contributed by atoms with Crippen molar-refractivity contribution in [3.63, 3.8) is 0 Å². The molecule has 2 rings (SSSR count). The summed E-state index contributed by atoms with van der Waals surface area (Å²) in [6, 6.07) is 10.4. The van der Waals surface area contributed by atoms with Crippen LogP contribution < -0.4 is 0 Å². The van der Waals surface area contributed by atoms with E-state index in [2.05, 4.69) is 24.8 Å². The molecule has 0 N–H and O–H groups in total. The van der Waals surface area contributed by atoms with Crippen molar-refractivity contribution >= 4 is 27.7 Å². The van der Waals surface area contributed by atoms with E-state index in [0.29, 0.717) is 6.42 Å². The highest BCUT2D eigenvalue weighted by Crippen LogP contribution is 2.36. The van der Waals surface area contributed by atoms with Gasteiger partial charge in [0, 0.05) is 9.58 Å². The van der Waals surface area contributed by atoms with Crippen LogP contribution in [-0.2, 0) is 10.2 Å². The quantitative estimate of drug-likeness (QED) is 0.578. The van der Waals surface area contributed by atoms with Gasteiger partial charge in [-0.1, -0.05) is 23.8 Å². The van der Waals surface area contributed by atoms with Crippen molar-refractivity contribution in [2.24, 2.45) is 0 Å². The third kappa shape index (κ3) is 2.32. The van der Waals surface area contributed by atoms with E-state index < -0.39 is 5.41 Å². The number of aldehydes is 1. The van der Waals surface area contributed by atoms with Crippen LogP contribution in [0.15, 0.2) is 42.5 Å². The first-order chi connectivity index (χ1) is 8.05. The maximum atomic E-state index is 11.4. The lowest BCUT2D eigenvalue weighted by Gasteiger charge is -2.21. The van der Waals surface area contributed by atoms with Gasteiger partial charge in [0.2, 0.25) is 0 Å². The lowest BCUT2D eigenvalue weighted by molar-refractivity contribution is -0.112. The van der Waals surface area contributed by atoms with Crippen molar-refractivity contribution in [3.8, 4) is 0 Å². The number of benzene rings is 1. The SMILES string of the molecule is C=C(C)CC(C)(C=O)c1cc2ccccc2s1. The summed E-state index contributed by atoms with van der Waals surface area (Å²) in [6.07, 6.45) is 1.76. The monoisotopic (exact) mass is 244 g/mol. The highest BCUT2D eigenvalue weighted by atomic mass is 32.1. The zero-order valence-corrected chi connectivity index (χ0v) is 11.0. The molecule has 1 atom stereocenters. The van der Waals surface area contributed by atoms with Crippen LogP contribution in [0, 0.1) is 0 Å². The smallest absolute Gasteiger partial charge is 0.131 e. The normalized spacial score (nSPS) is 14.5. The standard InChI is InChI=1S/C15H16OS/c1-11(2)9-15(3,10-16)14-8-12-6-4-5-7-13(12)17-14/h4-8,10H,1,9H2,2-3H3. The molecule has 1 heterocycles. The van der Waals surface area contributed by atoms with Crippen molar-refractivity contribution < 1.29 is 4.79 Å². The van der Waals surface area contributed by atoms with Gasteiger partial charge in [0.15, 0.2) is 0 Å². The summed E-state index contributed by atoms with van der Waals surface area (Å²) < 4.78 is 1.23. The first-order valence-electron chi connectivity index (χ1n) is 5.65. The van der Waals surface area contributed by atoms with Crippen molar-refractivity contribution in [2.45, 2.75) is 25.7 Å². The summed E-state index contributed by atoms with van der Waals surface area (Å²) in [5, 5.41) is 1.21. The van der Waals surface area contributed by atoms with Gasteiger partial charge in [-0.3, -0.25) is 0 Å². The maximum Gasteiger partial charge on any atom is 0.131 e. The number of carbonyl (C=O) groups excluding carboxylic acids is 1. The fraction of sp³-hybridized carbons (Fsp3) is 0.267. The van der Waals surface area contributed by atoms with E-state index in [0.717, 1.165) is 16.7 Å². The van der Waals surface area contributed by atoms with Crippen LogP contribution in [0.1, 0.15) is 25.1 Å². The van der Waals surface area contributed by atoms with Crippen LogP contribution in [0.4, 0.5) is 0 Å². The molecule has 88 valence electrons. The molecular formula is C15H16OS. The Morgan fingerprint density at radius 2 is 2.18 bits per heavy atom. The van der Waals surface area contributed by atoms with Gasteiger partial charge in [-0.15, -0.1) is 17.9 Å². The molecule has 0 saturated carbocycles. The number of fused-ring (bicyclic) bond motifs is 1. The number of carbonyl (C=O) groups is 1. The Labute approximate surface area is 106 Å². The molecular weight excluding hydrogens is 228 g/mol. The van der Waals surface area contributed by atoms with Gasteiger partial charge < -0.3 is 4.79 Å². The summed E-state index contributed by atoms with van der Waals surface area (Å²) in [5.41, 5.74) is 0.604. The Morgan fingerprint density at radius 1 is 1.47 bits per heavy atom. The van der Waals surface area contributed by atoms with E-state index in [9.17, 15) is 4.79 Å². The zero-order valence-electron chi connectivity index (χ0n) is 10.2. The molecule has 1 aromatic heterocycles. The Bertz CT molecular complexity index is 534. The highest BCUT2D eigenvalue weighted by Gasteiger charge is 2.28. The minimum atomic E-state index is -0.435. The van der Waals surface area contributed by atoms with Gasteiger partial charge in [0.05, 0.1) is 5.41 Å². The second kappa shape index (κ2) is 4.46. The number of rotatable bonds is 4. The average molecular weight is 244 g/mol. The fourth-order valence-corrected chi connectivity index (χ4v) is 3.24. The topological polar surface area (TPSA) is 17.1 Å². The largest absolute Gasteiger partial charge is 0.302 e. The van der Waals surface area contributed by atoms with Crippen LogP contribution in [0.2, 0.25) is 0 Å². The second-order valence-electron chi connectivity index (χ2n) is 4.82. The fourth-order valence-electron chi connectivity index (χ4n) is 2.08. The molecule has 1 nitrogen and oxygen atoms in total. The summed E-state index contributed by atoms with van der Waals surface area (Å²) in [5.74, 6) is 0. The lowest BCUT2D eigenvalue weighted by Crippen LogP contribution is -2.22. The van der Waals surface area contributed by atoms with E-state index in [1.807, 2.05) is 26.0 Å². The predicted molar refractivity (Wildman–Crippen MR) is 74.7 cm³/mol. The van der Waals surface area contributed by atoms with Crippen molar-refractivity contribution in [1.82, 2.24) is 0 Å². The van der Waals surface area contributed by atoms with Gasteiger partial charge in [-0.2, -0.15) is 0 Å². The minimum Gasteiger partial charge on any atom is -0.302 e. The molecule has 1 unspecified atom stereocenters. The molecule has 0 aliphatic carbocycles. The van der Waals surface area contributed by atoms with Crippen LogP contribution >= 0.6 is 11.3 Å². The van der Waals surface area contributed by atoms with Gasteiger partial charge in [0.1, 0.15) is 6.29 Å². The van der Waals surface area contributed by atoms with Crippen molar-refractivity contribution in [1.29, 1.82) is 0 Å². The molecule has 0 spiro atoms. The van der Waals surface area contributed by atoms with Gasteiger partial charge in [0.25, 0.3) is 0 Å². The van der Waals surface area contributed by atoms with Gasteiger partial charge >= 0.3 is 0 Å². The van der Waals surface area contributed by atoms with Gasteiger partial charge in [-0.05, 0) is 37.8 Å². The van der Waals surface area contributed by atoms with Crippen LogP contribution in [0.25, 0.3) is 10.1 Å². The highest BCUT2D eigenvalue weighted by molar-refractivity contribution is 7.19. The van der Waals surface area contributed by atoms with Crippen molar-refractivity contribution in [3.05, 3.63) is 47.4 Å². The minimum absolute atomic E-state index is 0.435. The summed E-state index contributed by atoms with van der Waals surface area (Å²) in [6.45, 7) is 7.87. The Morgan fingerprint density at radius 3 is 2.76 bits per heavy atom. The number of allylic oxidation sites excluding steroid dienone is 1. The zero-order chi connectivity index (χ0) is 12.5.